The van der Waals surface area contributed by atoms with Crippen molar-refractivity contribution in [2.45, 2.75) is 69.0 Å². The summed E-state index contributed by atoms with van der Waals surface area (Å²) in [5.74, 6) is -1.00. The highest BCUT2D eigenvalue weighted by Crippen LogP contribution is 2.32. The van der Waals surface area contributed by atoms with Crippen molar-refractivity contribution in [3.63, 3.8) is 0 Å². The zero-order valence-corrected chi connectivity index (χ0v) is 34.7. The molecule has 0 atom stereocenters. The van der Waals surface area contributed by atoms with Gasteiger partial charge in [0.2, 0.25) is 17.7 Å². The first-order valence-corrected chi connectivity index (χ1v) is 20.5. The average Bonchev–Trinajstić information content (AvgIpc) is 3.31. The number of hydroxylamine groups is 2. The van der Waals surface area contributed by atoms with Crippen LogP contribution < -0.4 is 41.7 Å². The maximum atomic E-state index is 13.3. The molecule has 64 heavy (non-hydrogen) atoms. The number of ether oxygens (including phenoxy) is 2. The van der Waals surface area contributed by atoms with Gasteiger partial charge in [0.15, 0.2) is 0 Å². The van der Waals surface area contributed by atoms with E-state index in [-0.39, 0.29) is 36.8 Å². The van der Waals surface area contributed by atoms with E-state index < -0.39 is 34.8 Å². The molecule has 5 aromatic rings. The number of benzene rings is 3. The van der Waals surface area contributed by atoms with Crippen molar-refractivity contribution >= 4 is 34.5 Å². The first kappa shape index (κ1) is 46.8. The first-order chi connectivity index (χ1) is 30.8. The number of amides is 4. The number of hydrogen-bond donors (Lipinski definition) is 8. The Balaban J connectivity index is 0.000000219. The fraction of sp³-hybridized carbons (Fsp3) is 0.333. The molecule has 19 heteroatoms. The van der Waals surface area contributed by atoms with Crippen LogP contribution in [-0.4, -0.2) is 81.3 Å². The maximum Gasteiger partial charge on any atom is 0.433 e. The van der Waals surface area contributed by atoms with Crippen LogP contribution in [0.3, 0.4) is 0 Å². The molecule has 3 aromatic carbocycles. The van der Waals surface area contributed by atoms with E-state index in [4.69, 9.17) is 19.9 Å². The Kier molecular flexibility index (Phi) is 15.8. The summed E-state index contributed by atoms with van der Waals surface area (Å²) in [6.07, 6.45) is -0.940. The fourth-order valence-electron chi connectivity index (χ4n) is 7.53. The van der Waals surface area contributed by atoms with E-state index >= 15 is 0 Å². The van der Waals surface area contributed by atoms with Gasteiger partial charge in [-0.2, -0.15) is 13.2 Å². The Labute approximate surface area is 366 Å². The highest BCUT2D eigenvalue weighted by molar-refractivity contribution is 5.96. The molecule has 2 aliphatic rings. The van der Waals surface area contributed by atoms with Gasteiger partial charge >= 0.3 is 6.18 Å². The zero-order chi connectivity index (χ0) is 45.6. The number of rotatable bonds is 14. The number of nitrogens with one attached hydrogen (secondary N) is 6. The molecule has 0 aliphatic carbocycles. The minimum atomic E-state index is -4.59. The Hall–Kier alpha value is -6.67. The average molecular weight is 887 g/mol. The monoisotopic (exact) mass is 886 g/mol. The maximum absolute atomic E-state index is 13.3. The molecular weight excluding hydrogens is 838 g/mol. The van der Waals surface area contributed by atoms with Gasteiger partial charge in [-0.15, -0.1) is 0 Å². The van der Waals surface area contributed by atoms with Crippen molar-refractivity contribution in [2.75, 3.05) is 26.2 Å². The Bertz CT molecular complexity index is 2360. The summed E-state index contributed by atoms with van der Waals surface area (Å²) in [6.45, 7) is 2.87. The smallest absolute Gasteiger partial charge is 0.433 e. The van der Waals surface area contributed by atoms with Crippen LogP contribution in [0.1, 0.15) is 76.1 Å². The molecule has 2 fully saturated rings. The standard InChI is InChI=1S/C25H25F3N4O4.C20H24N4O4/c26-25(27,28)21-13-17(19-3-1-2-4-20(19)30-21)15-36-18-7-5-16(6-8-18)23(34)31-24(14-22(33)32-35)9-11-29-12-10-24;25-17(24-27)12-20(8-10-21-11-9-20)23-19(26)16-6-7-18(22-13-16)28-14-15-4-2-1-3-5-15/h1-8,13,29,35H,9-12,14-15H2,(H,31,34)(H,32,33);1-7,13,21,27H,8-12,14H2,(H,23,26)(H,24,25). The number of para-hydroxylation sites is 1. The number of aromatic nitrogens is 2. The molecular formula is C45H49F3N8O8. The largest absolute Gasteiger partial charge is 0.489 e. The molecule has 338 valence electrons. The van der Waals surface area contributed by atoms with E-state index in [0.29, 0.717) is 92.2 Å². The molecule has 2 aromatic heterocycles. The van der Waals surface area contributed by atoms with Gasteiger partial charge in [0.1, 0.15) is 24.7 Å². The molecule has 8 N–H and O–H groups in total. The van der Waals surface area contributed by atoms with E-state index in [1.807, 2.05) is 30.3 Å². The van der Waals surface area contributed by atoms with Crippen LogP contribution >= 0.6 is 0 Å². The Morgan fingerprint density at radius 2 is 1.22 bits per heavy atom. The topological polar surface area (TPSA) is 225 Å². The summed E-state index contributed by atoms with van der Waals surface area (Å²) in [5.41, 5.74) is 3.09. The number of carbonyl (C=O) groups is 4. The summed E-state index contributed by atoms with van der Waals surface area (Å²) in [5, 5.41) is 30.6. The van der Waals surface area contributed by atoms with Gasteiger partial charge in [-0.25, -0.2) is 20.9 Å². The van der Waals surface area contributed by atoms with E-state index in [1.165, 1.54) is 24.4 Å². The van der Waals surface area contributed by atoms with Crippen molar-refractivity contribution in [1.82, 2.24) is 42.2 Å². The molecule has 4 amide bonds. The van der Waals surface area contributed by atoms with E-state index in [9.17, 15) is 32.3 Å². The third-order valence-corrected chi connectivity index (χ3v) is 11.0. The van der Waals surface area contributed by atoms with Crippen molar-refractivity contribution in [3.05, 3.63) is 131 Å². The number of hydrogen-bond acceptors (Lipinski definition) is 12. The quantitative estimate of drug-likeness (QED) is 0.0546. The van der Waals surface area contributed by atoms with Crippen LogP contribution in [-0.2, 0) is 29.0 Å². The van der Waals surface area contributed by atoms with Gasteiger partial charge < -0.3 is 30.7 Å². The van der Waals surface area contributed by atoms with Gasteiger partial charge in [0.25, 0.3) is 11.8 Å². The normalized spacial score (nSPS) is 15.4. The number of halogens is 3. The third kappa shape index (κ3) is 12.9. The molecule has 2 aliphatic heterocycles. The second-order valence-corrected chi connectivity index (χ2v) is 15.5. The summed E-state index contributed by atoms with van der Waals surface area (Å²) in [4.78, 5) is 56.9. The lowest BCUT2D eigenvalue weighted by molar-refractivity contribution is -0.141. The number of alkyl halides is 3. The molecule has 0 spiro atoms. The molecule has 0 saturated carbocycles. The minimum Gasteiger partial charge on any atom is -0.489 e. The van der Waals surface area contributed by atoms with Gasteiger partial charge in [-0.1, -0.05) is 48.5 Å². The number of pyridine rings is 2. The lowest BCUT2D eigenvalue weighted by Crippen LogP contribution is -2.56. The van der Waals surface area contributed by atoms with Crippen LogP contribution in [0.5, 0.6) is 11.6 Å². The highest BCUT2D eigenvalue weighted by atomic mass is 19.4. The first-order valence-electron chi connectivity index (χ1n) is 20.5. The molecule has 0 unspecified atom stereocenters. The van der Waals surface area contributed by atoms with Gasteiger partial charge in [0, 0.05) is 28.8 Å². The SMILES string of the molecule is O=C(CC1(NC(=O)c2ccc(OCc3cc(C(F)(F)F)nc4ccccc34)cc2)CCNCC1)NO.O=C(CC1(NC(=O)c2ccc(OCc3ccccc3)nc2)CCNCC1)NO. The van der Waals surface area contributed by atoms with Crippen molar-refractivity contribution in [2.24, 2.45) is 0 Å². The van der Waals surface area contributed by atoms with Gasteiger partial charge in [0.05, 0.1) is 35.0 Å². The lowest BCUT2D eigenvalue weighted by Gasteiger charge is -2.37. The summed E-state index contributed by atoms with van der Waals surface area (Å²) < 4.78 is 51.2. The fourth-order valence-corrected chi connectivity index (χ4v) is 7.53. The van der Waals surface area contributed by atoms with E-state index in [1.54, 1.807) is 53.4 Å². The van der Waals surface area contributed by atoms with Gasteiger partial charge in [-0.05, 0) is 99.9 Å². The third-order valence-electron chi connectivity index (χ3n) is 11.0. The van der Waals surface area contributed by atoms with Crippen LogP contribution in [0.15, 0.2) is 103 Å². The molecule has 0 radical (unpaired) electrons. The Morgan fingerprint density at radius 3 is 1.77 bits per heavy atom. The molecule has 7 rings (SSSR count). The predicted octanol–water partition coefficient (Wildman–Crippen LogP) is 4.99. The summed E-state index contributed by atoms with van der Waals surface area (Å²) >= 11 is 0. The second kappa shape index (κ2) is 21.6. The lowest BCUT2D eigenvalue weighted by atomic mass is 9.84. The highest BCUT2D eigenvalue weighted by Gasteiger charge is 2.38. The molecule has 16 nitrogen and oxygen atoms in total. The Morgan fingerprint density at radius 1 is 0.672 bits per heavy atom. The molecule has 4 heterocycles. The number of piperidine rings is 2. The van der Waals surface area contributed by atoms with Crippen LogP contribution in [0.2, 0.25) is 0 Å². The number of nitrogens with zero attached hydrogens (tertiary/aromatic N) is 2. The van der Waals surface area contributed by atoms with E-state index in [0.717, 1.165) is 11.6 Å². The van der Waals surface area contributed by atoms with Crippen molar-refractivity contribution < 1.29 is 52.2 Å². The molecule has 2 saturated heterocycles. The van der Waals surface area contributed by atoms with Crippen LogP contribution in [0.25, 0.3) is 10.9 Å². The van der Waals surface area contributed by atoms with Crippen molar-refractivity contribution in [3.8, 4) is 11.6 Å². The zero-order valence-electron chi connectivity index (χ0n) is 34.7. The van der Waals surface area contributed by atoms with Crippen LogP contribution in [0, 0.1) is 0 Å². The van der Waals surface area contributed by atoms with Crippen LogP contribution in [0.4, 0.5) is 13.2 Å². The summed E-state index contributed by atoms with van der Waals surface area (Å²) in [7, 11) is 0. The number of carbonyl (C=O) groups excluding carboxylic acids is 4. The minimum absolute atomic E-state index is 0.0165. The molecule has 0 bridgehead atoms. The number of fused-ring (bicyclic) bond motifs is 1. The van der Waals surface area contributed by atoms with E-state index in [2.05, 4.69) is 31.2 Å². The predicted molar refractivity (Wildman–Crippen MR) is 226 cm³/mol. The summed E-state index contributed by atoms with van der Waals surface area (Å²) in [6, 6.07) is 26.7. The van der Waals surface area contributed by atoms with Gasteiger partial charge in [-0.3, -0.25) is 29.6 Å². The second-order valence-electron chi connectivity index (χ2n) is 15.5. The van der Waals surface area contributed by atoms with Crippen molar-refractivity contribution in [1.29, 1.82) is 0 Å².